The quantitative estimate of drug-likeness (QED) is 0.120. The van der Waals surface area contributed by atoms with Gasteiger partial charge >= 0.3 is 6.09 Å². The van der Waals surface area contributed by atoms with E-state index in [2.05, 4.69) is 84.1 Å². The van der Waals surface area contributed by atoms with Gasteiger partial charge in [-0.15, -0.1) is 0 Å². The lowest BCUT2D eigenvalue weighted by atomic mass is 9.78. The van der Waals surface area contributed by atoms with Crippen LogP contribution >= 0.6 is 0 Å². The number of H-pyrrole nitrogens is 2. The lowest BCUT2D eigenvalue weighted by Gasteiger charge is -2.30. The second-order valence-corrected chi connectivity index (χ2v) is 15.4. The van der Waals surface area contributed by atoms with Gasteiger partial charge in [0.15, 0.2) is 0 Å². The van der Waals surface area contributed by atoms with Crippen molar-refractivity contribution in [2.45, 2.75) is 70.5 Å². The number of hydrogen-bond donors (Lipinski definition) is 4. The number of amides is 3. The van der Waals surface area contributed by atoms with Crippen molar-refractivity contribution in [1.82, 2.24) is 45.4 Å². The molecule has 3 aliphatic rings. The monoisotopic (exact) mass is 741 g/mol. The van der Waals surface area contributed by atoms with Gasteiger partial charge in [-0.05, 0) is 72.1 Å². The van der Waals surface area contributed by atoms with Crippen LogP contribution in [0, 0.1) is 23.7 Å². The van der Waals surface area contributed by atoms with Crippen LogP contribution in [0.25, 0.3) is 33.6 Å². The summed E-state index contributed by atoms with van der Waals surface area (Å²) in [6.07, 6.45) is 13.0. The number of carbonyl (C=O) groups is 3. The second-order valence-electron chi connectivity index (χ2n) is 15.4. The Kier molecular flexibility index (Phi) is 10.2. The Balaban J connectivity index is 0.918. The Morgan fingerprint density at radius 3 is 2.09 bits per heavy atom. The summed E-state index contributed by atoms with van der Waals surface area (Å²) in [5.41, 5.74) is 6.77. The van der Waals surface area contributed by atoms with Crippen LogP contribution in [0.4, 0.5) is 4.79 Å². The number of hydrogen-bond acceptors (Lipinski definition) is 8. The molecule has 2 aromatic carbocycles. The van der Waals surface area contributed by atoms with Crippen LogP contribution in [0.2, 0.25) is 0 Å². The zero-order valence-corrected chi connectivity index (χ0v) is 31.4. The molecule has 13 heteroatoms. The average Bonchev–Trinajstić information content (AvgIpc) is 4.07. The van der Waals surface area contributed by atoms with E-state index in [9.17, 15) is 14.4 Å². The summed E-state index contributed by atoms with van der Waals surface area (Å²) in [7, 11) is 1.30. The zero-order valence-electron chi connectivity index (χ0n) is 31.4. The highest BCUT2D eigenvalue weighted by Crippen LogP contribution is 2.56. The van der Waals surface area contributed by atoms with Crippen LogP contribution in [-0.2, 0) is 20.9 Å². The van der Waals surface area contributed by atoms with Gasteiger partial charge in [-0.1, -0.05) is 62.4 Å². The normalized spacial score (nSPS) is 22.2. The largest absolute Gasteiger partial charge is 0.453 e. The third-order valence-corrected chi connectivity index (χ3v) is 11.8. The molecule has 2 aliphatic carbocycles. The average molecular weight is 742 g/mol. The van der Waals surface area contributed by atoms with Gasteiger partial charge in [-0.2, -0.15) is 0 Å². The third-order valence-electron chi connectivity index (χ3n) is 11.8. The van der Waals surface area contributed by atoms with Crippen molar-refractivity contribution in [3.8, 4) is 33.6 Å². The number of likely N-dealkylation sites (tertiary alicyclic amines) is 1. The standard InChI is InChI=1S/C42H47N9O4/c1-24(2)37(50-42(54)55-3)41(53)51-18-4-5-34(51)38-45-22-32(48-38)27-10-6-25(7-11-27)26-8-12-28(13-9-26)33-23-46-39(49-33)35-29-14-15-30(19-29)36(35)40(52)47-21-31-20-43-16-17-44-31/h6-13,16-17,20,22-24,29-30,34-37H,4-5,14-15,18-19,21H2,1-3H3,(H,45,48)(H,46,49)(H,47,52)(H,50,54)/t29?,30?,34-,35+,36?,37-/m0/s1. The molecule has 8 rings (SSSR count). The summed E-state index contributed by atoms with van der Waals surface area (Å²) in [6.45, 7) is 4.79. The second kappa shape index (κ2) is 15.5. The Bertz CT molecular complexity index is 2130. The highest BCUT2D eigenvalue weighted by Gasteiger charge is 2.52. The van der Waals surface area contributed by atoms with E-state index in [4.69, 9.17) is 9.72 Å². The van der Waals surface area contributed by atoms with Crippen LogP contribution in [0.1, 0.15) is 75.3 Å². The first kappa shape index (κ1) is 36.1. The van der Waals surface area contributed by atoms with Gasteiger partial charge in [0, 0.05) is 24.9 Å². The number of carbonyl (C=O) groups excluding carboxylic acids is 3. The summed E-state index contributed by atoms with van der Waals surface area (Å²) < 4.78 is 4.76. The molecule has 3 unspecified atom stereocenters. The lowest BCUT2D eigenvalue weighted by Crippen LogP contribution is -2.51. The topological polar surface area (TPSA) is 171 Å². The first-order chi connectivity index (χ1) is 26.8. The molecule has 13 nitrogen and oxygen atoms in total. The fourth-order valence-electron chi connectivity index (χ4n) is 8.96. The molecule has 6 atom stereocenters. The summed E-state index contributed by atoms with van der Waals surface area (Å²) >= 11 is 0. The maximum Gasteiger partial charge on any atom is 0.407 e. The highest BCUT2D eigenvalue weighted by molar-refractivity contribution is 5.86. The maximum atomic E-state index is 13.5. The van der Waals surface area contributed by atoms with E-state index in [0.29, 0.717) is 24.9 Å². The van der Waals surface area contributed by atoms with Crippen LogP contribution in [0.3, 0.4) is 0 Å². The maximum absolute atomic E-state index is 13.5. The van der Waals surface area contributed by atoms with E-state index in [1.54, 1.807) is 18.6 Å². The Labute approximate surface area is 320 Å². The first-order valence-electron chi connectivity index (χ1n) is 19.3. The van der Waals surface area contributed by atoms with E-state index in [1.165, 1.54) is 7.11 Å². The molecule has 0 spiro atoms. The third kappa shape index (κ3) is 7.35. The summed E-state index contributed by atoms with van der Waals surface area (Å²) in [6, 6.07) is 15.9. The van der Waals surface area contributed by atoms with Gasteiger partial charge in [0.25, 0.3) is 0 Å². The van der Waals surface area contributed by atoms with Crippen LogP contribution in [0.5, 0.6) is 0 Å². The summed E-state index contributed by atoms with van der Waals surface area (Å²) in [5, 5.41) is 5.82. The lowest BCUT2D eigenvalue weighted by molar-refractivity contribution is -0.135. The van der Waals surface area contributed by atoms with Gasteiger partial charge in [0.2, 0.25) is 11.8 Å². The SMILES string of the molecule is COC(=O)N[C@H](C(=O)N1CCC[C@H]1c1ncc(-c2ccc(-c3ccc(-c4cnc([C@@H]5C6CCC(C6)C5C(=O)NCc5cnccn5)[nH]4)cc3)cc2)[nH]1)C(C)C. The van der Waals surface area contributed by atoms with E-state index >= 15 is 0 Å². The molecule has 4 N–H and O–H groups in total. The Morgan fingerprint density at radius 2 is 1.45 bits per heavy atom. The summed E-state index contributed by atoms with van der Waals surface area (Å²) in [4.78, 5) is 65.7. The van der Waals surface area contributed by atoms with Crippen molar-refractivity contribution in [3.63, 3.8) is 0 Å². The molecular weight excluding hydrogens is 695 g/mol. The van der Waals surface area contributed by atoms with E-state index in [-0.39, 0.29) is 35.6 Å². The number of nitrogens with one attached hydrogen (secondary N) is 4. The van der Waals surface area contributed by atoms with E-state index in [1.807, 2.05) is 31.1 Å². The molecule has 5 aromatic rings. The molecule has 4 heterocycles. The molecule has 55 heavy (non-hydrogen) atoms. The van der Waals surface area contributed by atoms with Crippen LogP contribution in [0.15, 0.2) is 79.5 Å². The molecule has 284 valence electrons. The fourth-order valence-corrected chi connectivity index (χ4v) is 8.96. The van der Waals surface area contributed by atoms with Crippen molar-refractivity contribution in [2.75, 3.05) is 13.7 Å². The highest BCUT2D eigenvalue weighted by atomic mass is 16.5. The number of imidazole rings is 2. The number of aromatic nitrogens is 6. The smallest absolute Gasteiger partial charge is 0.407 e. The van der Waals surface area contributed by atoms with Crippen molar-refractivity contribution >= 4 is 17.9 Å². The molecule has 3 fully saturated rings. The van der Waals surface area contributed by atoms with Crippen LogP contribution < -0.4 is 10.6 Å². The molecule has 3 amide bonds. The van der Waals surface area contributed by atoms with Gasteiger partial charge in [0.05, 0.1) is 61.3 Å². The number of rotatable bonds is 11. The molecule has 2 bridgehead atoms. The van der Waals surface area contributed by atoms with Crippen molar-refractivity contribution in [1.29, 1.82) is 0 Å². The van der Waals surface area contributed by atoms with Gasteiger partial charge in [0.1, 0.15) is 17.7 Å². The minimum atomic E-state index is -0.678. The number of ether oxygens (including phenoxy) is 1. The number of aromatic amines is 2. The van der Waals surface area contributed by atoms with Gasteiger partial charge in [-0.25, -0.2) is 14.8 Å². The predicted molar refractivity (Wildman–Crippen MR) is 206 cm³/mol. The van der Waals surface area contributed by atoms with Crippen molar-refractivity contribution < 1.29 is 19.1 Å². The van der Waals surface area contributed by atoms with E-state index in [0.717, 1.165) is 83.1 Å². The minimum Gasteiger partial charge on any atom is -0.453 e. The molecule has 2 saturated carbocycles. The minimum absolute atomic E-state index is 0.0720. The Hall–Kier alpha value is -5.85. The van der Waals surface area contributed by atoms with Crippen LogP contribution in [-0.4, -0.2) is 72.4 Å². The number of alkyl carbamates (subject to hydrolysis) is 1. The number of methoxy groups -OCH3 is 1. The number of benzene rings is 2. The van der Waals surface area contributed by atoms with Gasteiger partial charge in [-0.3, -0.25) is 19.6 Å². The fraction of sp³-hybridized carbons (Fsp3) is 0.405. The zero-order chi connectivity index (χ0) is 38.1. The molecule has 0 radical (unpaired) electrons. The first-order valence-corrected chi connectivity index (χ1v) is 19.3. The number of fused-ring (bicyclic) bond motifs is 2. The predicted octanol–water partition coefficient (Wildman–Crippen LogP) is 6.41. The van der Waals surface area contributed by atoms with Crippen molar-refractivity contribution in [2.24, 2.45) is 23.7 Å². The van der Waals surface area contributed by atoms with Crippen molar-refractivity contribution in [3.05, 3.63) is 96.9 Å². The van der Waals surface area contributed by atoms with E-state index < -0.39 is 12.1 Å². The molecule has 1 saturated heterocycles. The molecule has 3 aromatic heterocycles. The summed E-state index contributed by atoms with van der Waals surface area (Å²) in [5.74, 6) is 2.28. The number of nitrogens with zero attached hydrogens (tertiary/aromatic N) is 5. The van der Waals surface area contributed by atoms with Gasteiger partial charge < -0.3 is 30.2 Å². The molecular formula is C42H47N9O4. The molecule has 1 aliphatic heterocycles. The Morgan fingerprint density at radius 1 is 0.818 bits per heavy atom.